The van der Waals surface area contributed by atoms with Crippen LogP contribution in [0.25, 0.3) is 0 Å². The Labute approximate surface area is 189 Å². The lowest BCUT2D eigenvalue weighted by molar-refractivity contribution is -0.153. The van der Waals surface area contributed by atoms with Crippen molar-refractivity contribution in [2.45, 2.75) is 26.1 Å². The van der Waals surface area contributed by atoms with Gasteiger partial charge in [-0.3, -0.25) is 4.79 Å². The molecule has 1 N–H and O–H groups in total. The van der Waals surface area contributed by atoms with E-state index in [9.17, 15) is 22.8 Å². The van der Waals surface area contributed by atoms with E-state index in [2.05, 4.69) is 5.32 Å². The zero-order valence-corrected chi connectivity index (χ0v) is 18.3. The van der Waals surface area contributed by atoms with E-state index >= 15 is 0 Å². The minimum absolute atomic E-state index is 0.0169. The first kappa shape index (κ1) is 24.4. The predicted octanol–water partition coefficient (Wildman–Crippen LogP) is 3.80. The van der Waals surface area contributed by atoms with E-state index in [1.54, 1.807) is 12.1 Å². The summed E-state index contributed by atoms with van der Waals surface area (Å²) in [6.45, 7) is 4.50. The second-order valence-corrected chi connectivity index (χ2v) is 7.56. The van der Waals surface area contributed by atoms with Crippen molar-refractivity contribution in [3.8, 4) is 5.75 Å². The molecule has 1 amide bonds. The minimum atomic E-state index is -4.57. The van der Waals surface area contributed by atoms with E-state index in [0.717, 1.165) is 17.7 Å². The number of nitrogens with one attached hydrogen (secondary N) is 1. The summed E-state index contributed by atoms with van der Waals surface area (Å²) in [4.78, 5) is 26.4. The Morgan fingerprint density at radius 3 is 2.42 bits per heavy atom. The fraction of sp³-hybridized carbons (Fsp3) is 0.391. The van der Waals surface area contributed by atoms with Gasteiger partial charge in [0.2, 0.25) is 0 Å². The van der Waals surface area contributed by atoms with Crippen molar-refractivity contribution in [1.82, 2.24) is 0 Å². The van der Waals surface area contributed by atoms with E-state index < -0.39 is 36.3 Å². The van der Waals surface area contributed by atoms with E-state index in [0.29, 0.717) is 37.7 Å². The molecule has 0 radical (unpaired) electrons. The second-order valence-electron chi connectivity index (χ2n) is 7.56. The summed E-state index contributed by atoms with van der Waals surface area (Å²) >= 11 is 0. The summed E-state index contributed by atoms with van der Waals surface area (Å²) in [5, 5.41) is 2.43. The van der Waals surface area contributed by atoms with Crippen molar-refractivity contribution < 1.29 is 37.0 Å². The maximum absolute atomic E-state index is 13.2. The highest BCUT2D eigenvalue weighted by atomic mass is 19.4. The molecule has 3 rings (SSSR count). The molecule has 2 aromatic carbocycles. The standard InChI is InChI=1S/C23H25F3N2O5/c1-15-3-6-18(7-4-15)33-16(2)22(30)32-14-21(29)27-19-13-17(23(24,25)26)5-8-20(19)28-9-11-31-12-10-28/h3-8,13,16H,9-12,14H2,1-2H3,(H,27,29). The van der Waals surface area contributed by atoms with Crippen molar-refractivity contribution in [3.05, 3.63) is 53.6 Å². The molecule has 10 heteroatoms. The van der Waals surface area contributed by atoms with Gasteiger partial charge in [-0.05, 0) is 44.2 Å². The third-order valence-electron chi connectivity index (χ3n) is 4.96. The Bertz CT molecular complexity index is 973. The van der Waals surface area contributed by atoms with E-state index in [1.165, 1.54) is 13.0 Å². The molecule has 0 bridgehead atoms. The third-order valence-corrected chi connectivity index (χ3v) is 4.96. The highest BCUT2D eigenvalue weighted by Crippen LogP contribution is 2.35. The highest BCUT2D eigenvalue weighted by molar-refractivity contribution is 5.96. The number of halogens is 3. The first-order valence-electron chi connectivity index (χ1n) is 10.4. The van der Waals surface area contributed by atoms with Gasteiger partial charge < -0.3 is 24.4 Å². The summed E-state index contributed by atoms with van der Waals surface area (Å²) in [6, 6.07) is 10.2. The lowest BCUT2D eigenvalue weighted by atomic mass is 10.1. The van der Waals surface area contributed by atoms with E-state index in [1.807, 2.05) is 24.0 Å². The maximum Gasteiger partial charge on any atom is 0.416 e. The Hall–Kier alpha value is -3.27. The van der Waals surface area contributed by atoms with Gasteiger partial charge >= 0.3 is 12.1 Å². The van der Waals surface area contributed by atoms with Gasteiger partial charge in [0.25, 0.3) is 5.91 Å². The maximum atomic E-state index is 13.2. The van der Waals surface area contributed by atoms with Gasteiger partial charge in [-0.1, -0.05) is 17.7 Å². The molecule has 1 saturated heterocycles. The number of hydrogen-bond acceptors (Lipinski definition) is 6. The molecular weight excluding hydrogens is 441 g/mol. The molecule has 178 valence electrons. The molecule has 1 aliphatic heterocycles. The van der Waals surface area contributed by atoms with Crippen LogP contribution in [-0.2, 0) is 25.2 Å². The van der Waals surface area contributed by atoms with Crippen LogP contribution in [0.3, 0.4) is 0 Å². The van der Waals surface area contributed by atoms with Gasteiger partial charge in [-0.25, -0.2) is 4.79 Å². The van der Waals surface area contributed by atoms with Crippen molar-refractivity contribution in [3.63, 3.8) is 0 Å². The SMILES string of the molecule is Cc1ccc(OC(C)C(=O)OCC(=O)Nc2cc(C(F)(F)F)ccc2N2CCOCC2)cc1. The summed E-state index contributed by atoms with van der Waals surface area (Å²) < 4.78 is 55.3. The largest absolute Gasteiger partial charge is 0.479 e. The van der Waals surface area contributed by atoms with Crippen LogP contribution in [0.2, 0.25) is 0 Å². The molecule has 1 unspecified atom stereocenters. The zero-order chi connectivity index (χ0) is 24.0. The summed E-state index contributed by atoms with van der Waals surface area (Å²) in [5.41, 5.74) is 0.547. The number of alkyl halides is 3. The lowest BCUT2D eigenvalue weighted by Gasteiger charge is -2.31. The van der Waals surface area contributed by atoms with E-state index in [4.69, 9.17) is 14.2 Å². The molecule has 7 nitrogen and oxygen atoms in total. The number of carbonyl (C=O) groups excluding carboxylic acids is 2. The minimum Gasteiger partial charge on any atom is -0.479 e. The molecular formula is C23H25F3N2O5. The Balaban J connectivity index is 1.63. The molecule has 0 aromatic heterocycles. The van der Waals surface area contributed by atoms with Crippen LogP contribution in [-0.4, -0.2) is 50.9 Å². The van der Waals surface area contributed by atoms with Gasteiger partial charge in [0, 0.05) is 13.1 Å². The Kier molecular flexibility index (Phi) is 7.80. The molecule has 1 heterocycles. The second kappa shape index (κ2) is 10.6. The number of morpholine rings is 1. The van der Waals surface area contributed by atoms with Crippen LogP contribution in [0.15, 0.2) is 42.5 Å². The third kappa shape index (κ3) is 6.85. The van der Waals surface area contributed by atoms with Crippen LogP contribution in [0.4, 0.5) is 24.5 Å². The number of ether oxygens (including phenoxy) is 3. The number of benzene rings is 2. The van der Waals surface area contributed by atoms with Crippen molar-refractivity contribution in [2.75, 3.05) is 43.1 Å². The molecule has 0 saturated carbocycles. The van der Waals surface area contributed by atoms with Crippen molar-refractivity contribution in [2.24, 2.45) is 0 Å². The number of esters is 1. The average Bonchev–Trinajstić information content (AvgIpc) is 2.79. The molecule has 0 spiro atoms. The fourth-order valence-electron chi connectivity index (χ4n) is 3.20. The molecule has 2 aromatic rings. The summed E-state index contributed by atoms with van der Waals surface area (Å²) in [6.07, 6.45) is -5.55. The first-order chi connectivity index (χ1) is 15.6. The topological polar surface area (TPSA) is 77.1 Å². The van der Waals surface area contributed by atoms with Gasteiger partial charge in [0.15, 0.2) is 12.7 Å². The number of hydrogen-bond donors (Lipinski definition) is 1. The lowest BCUT2D eigenvalue weighted by Crippen LogP contribution is -2.37. The number of anilines is 2. The smallest absolute Gasteiger partial charge is 0.416 e. The highest BCUT2D eigenvalue weighted by Gasteiger charge is 2.32. The van der Waals surface area contributed by atoms with Crippen LogP contribution in [0, 0.1) is 6.92 Å². The quantitative estimate of drug-likeness (QED) is 0.626. The van der Waals surface area contributed by atoms with Gasteiger partial charge in [0.05, 0.1) is 30.2 Å². The monoisotopic (exact) mass is 466 g/mol. The number of aryl methyl sites for hydroxylation is 1. The number of carbonyl (C=O) groups is 2. The van der Waals surface area contributed by atoms with Crippen LogP contribution in [0.5, 0.6) is 5.75 Å². The number of nitrogens with zero attached hydrogens (tertiary/aromatic N) is 1. The van der Waals surface area contributed by atoms with Gasteiger partial charge in [-0.15, -0.1) is 0 Å². The van der Waals surface area contributed by atoms with Gasteiger partial charge in [0.1, 0.15) is 5.75 Å². The molecule has 1 aliphatic rings. The molecule has 0 aliphatic carbocycles. The van der Waals surface area contributed by atoms with Crippen LogP contribution in [0.1, 0.15) is 18.1 Å². The first-order valence-corrected chi connectivity index (χ1v) is 10.4. The zero-order valence-electron chi connectivity index (χ0n) is 18.3. The summed E-state index contributed by atoms with van der Waals surface area (Å²) in [5.74, 6) is -1.07. The van der Waals surface area contributed by atoms with Crippen LogP contribution >= 0.6 is 0 Å². The Morgan fingerprint density at radius 2 is 1.79 bits per heavy atom. The molecule has 33 heavy (non-hydrogen) atoms. The average molecular weight is 466 g/mol. The van der Waals surface area contributed by atoms with Crippen LogP contribution < -0.4 is 15.0 Å². The molecule has 1 fully saturated rings. The van der Waals surface area contributed by atoms with Crippen molar-refractivity contribution in [1.29, 1.82) is 0 Å². The van der Waals surface area contributed by atoms with E-state index in [-0.39, 0.29) is 5.69 Å². The predicted molar refractivity (Wildman–Crippen MR) is 115 cm³/mol. The molecule has 1 atom stereocenters. The van der Waals surface area contributed by atoms with Crippen molar-refractivity contribution >= 4 is 23.3 Å². The number of rotatable bonds is 7. The normalized spacial score (nSPS) is 15.0. The Morgan fingerprint density at radius 1 is 1.12 bits per heavy atom. The van der Waals surface area contributed by atoms with Gasteiger partial charge in [-0.2, -0.15) is 13.2 Å². The summed E-state index contributed by atoms with van der Waals surface area (Å²) in [7, 11) is 0. The number of amides is 1. The fourth-order valence-corrected chi connectivity index (χ4v) is 3.20.